The van der Waals surface area contributed by atoms with Crippen LogP contribution >= 0.6 is 0 Å². The summed E-state index contributed by atoms with van der Waals surface area (Å²) in [6.07, 6.45) is 67.3. The number of hydrogen-bond donors (Lipinski definition) is 3. The van der Waals surface area contributed by atoms with Crippen molar-refractivity contribution in [3.8, 4) is 0 Å². The number of aliphatic carboxylic acids is 1. The summed E-state index contributed by atoms with van der Waals surface area (Å²) in [7, 11) is 0. The maximum Gasteiger partial charge on any atom is 0.335 e. The molecule has 1 heterocycles. The number of allylic oxidation sites excluding steroid dienone is 20. The molecule has 12 heteroatoms. The normalized spacial score (nSPS) is 18.4. The van der Waals surface area contributed by atoms with Crippen LogP contribution in [-0.2, 0) is 42.9 Å². The van der Waals surface area contributed by atoms with Crippen molar-refractivity contribution in [2.45, 2.75) is 289 Å². The van der Waals surface area contributed by atoms with E-state index in [9.17, 15) is 34.5 Å². The fraction of sp³-hybridized carbons (Fsp3) is 0.662. The summed E-state index contributed by atoms with van der Waals surface area (Å²) in [4.78, 5) is 51.3. The van der Waals surface area contributed by atoms with E-state index in [1.165, 1.54) is 83.5 Å². The Morgan fingerprint density at radius 2 is 0.771 bits per heavy atom. The monoisotopic (exact) mass is 1160 g/mol. The second-order valence-electron chi connectivity index (χ2n) is 21.6. The van der Waals surface area contributed by atoms with Gasteiger partial charge >= 0.3 is 23.9 Å². The molecule has 3 N–H and O–H groups in total. The summed E-state index contributed by atoms with van der Waals surface area (Å²) in [5.41, 5.74) is 0. The molecule has 470 valence electrons. The van der Waals surface area contributed by atoms with E-state index in [1.807, 2.05) is 6.08 Å². The largest absolute Gasteiger partial charge is 0.479 e. The van der Waals surface area contributed by atoms with Crippen molar-refractivity contribution < 1.29 is 58.2 Å². The smallest absolute Gasteiger partial charge is 0.335 e. The summed E-state index contributed by atoms with van der Waals surface area (Å²) in [5, 5.41) is 31.6. The Labute approximate surface area is 503 Å². The number of carboxylic acids is 1. The minimum atomic E-state index is -1.93. The number of aliphatic hydroxyl groups is 2. The van der Waals surface area contributed by atoms with Crippen molar-refractivity contribution in [1.29, 1.82) is 0 Å². The fourth-order valence-corrected chi connectivity index (χ4v) is 9.14. The molecule has 1 saturated heterocycles. The number of carboxylic acid groups (broad SMARTS) is 1. The number of esters is 3. The second kappa shape index (κ2) is 57.5. The molecule has 0 saturated carbocycles. The van der Waals surface area contributed by atoms with Crippen molar-refractivity contribution in [2.24, 2.45) is 0 Å². The number of carbonyl (C=O) groups is 4. The van der Waals surface area contributed by atoms with Crippen LogP contribution in [0.3, 0.4) is 0 Å². The van der Waals surface area contributed by atoms with Gasteiger partial charge in [0, 0.05) is 19.3 Å². The highest BCUT2D eigenvalue weighted by atomic mass is 16.7. The van der Waals surface area contributed by atoms with Gasteiger partial charge in [-0.1, -0.05) is 251 Å². The van der Waals surface area contributed by atoms with Gasteiger partial charge in [-0.05, 0) is 103 Å². The lowest BCUT2D eigenvalue weighted by Gasteiger charge is -2.40. The first-order valence-corrected chi connectivity index (χ1v) is 32.5. The summed E-state index contributed by atoms with van der Waals surface area (Å²) >= 11 is 0. The Hall–Kier alpha value is -4.88. The molecule has 6 atom stereocenters. The second-order valence-corrected chi connectivity index (χ2v) is 21.6. The molecule has 1 fully saturated rings. The van der Waals surface area contributed by atoms with E-state index in [0.29, 0.717) is 25.7 Å². The van der Waals surface area contributed by atoms with Gasteiger partial charge in [0.25, 0.3) is 0 Å². The van der Waals surface area contributed by atoms with Gasteiger partial charge in [0.1, 0.15) is 18.8 Å². The highest BCUT2D eigenvalue weighted by Crippen LogP contribution is 2.26. The van der Waals surface area contributed by atoms with Crippen molar-refractivity contribution in [3.63, 3.8) is 0 Å². The fourth-order valence-electron chi connectivity index (χ4n) is 9.14. The molecule has 0 spiro atoms. The number of unbranched alkanes of at least 4 members (excludes halogenated alkanes) is 20. The molecule has 0 aliphatic carbocycles. The van der Waals surface area contributed by atoms with Crippen LogP contribution in [0.25, 0.3) is 0 Å². The van der Waals surface area contributed by atoms with E-state index >= 15 is 0 Å². The summed E-state index contributed by atoms with van der Waals surface area (Å²) in [6.45, 7) is 5.72. The number of carbonyl (C=O) groups excluding carboxylic acids is 3. The SMILES string of the molecule is CC/C=C\C/C=C\C/C=C\C/C=C\C/C=C\CCCCCC(=O)OC1C(OCC(COC(=O)CCC/C=C\C/C=C\C/C=C\C/C=C\C/C=C\CC)OC(=O)CCCCCCCCCCCCCCCCCCC)OC(C(=O)O)C(O)C1O. The molecule has 6 unspecified atom stereocenters. The van der Waals surface area contributed by atoms with Crippen molar-refractivity contribution in [1.82, 2.24) is 0 Å². The lowest BCUT2D eigenvalue weighted by atomic mass is 9.98. The number of rotatable bonds is 54. The van der Waals surface area contributed by atoms with Gasteiger partial charge < -0.3 is 39.0 Å². The van der Waals surface area contributed by atoms with E-state index in [0.717, 1.165) is 103 Å². The molecule has 1 rings (SSSR count). The van der Waals surface area contributed by atoms with Gasteiger partial charge in [0.2, 0.25) is 0 Å². The van der Waals surface area contributed by atoms with Crippen LogP contribution in [-0.4, -0.2) is 89.2 Å². The molecular formula is C71H114O12. The summed E-state index contributed by atoms with van der Waals surface area (Å²) in [6, 6.07) is 0. The van der Waals surface area contributed by atoms with E-state index in [-0.39, 0.29) is 25.9 Å². The zero-order valence-electron chi connectivity index (χ0n) is 51.9. The molecule has 0 aromatic heterocycles. The van der Waals surface area contributed by atoms with Crippen LogP contribution in [0.1, 0.15) is 252 Å². The Kier molecular flexibility index (Phi) is 52.8. The average molecular weight is 1160 g/mol. The first kappa shape index (κ1) is 76.1. The molecule has 0 aromatic rings. The van der Waals surface area contributed by atoms with Crippen LogP contribution < -0.4 is 0 Å². The molecule has 0 aromatic carbocycles. The van der Waals surface area contributed by atoms with Crippen LogP contribution in [0.4, 0.5) is 0 Å². The predicted octanol–water partition coefficient (Wildman–Crippen LogP) is 17.6. The van der Waals surface area contributed by atoms with Crippen LogP contribution in [0, 0.1) is 0 Å². The minimum Gasteiger partial charge on any atom is -0.479 e. The minimum absolute atomic E-state index is 0.0106. The first-order valence-electron chi connectivity index (χ1n) is 32.5. The molecule has 0 amide bonds. The number of hydrogen-bond acceptors (Lipinski definition) is 11. The standard InChI is InChI=1S/C71H114O12/c1-4-7-10-13-16-19-22-25-28-31-32-35-38-41-44-47-50-53-56-59-65(74)82-69-67(76)66(75)68(70(77)78)83-71(69)80-61-62(81-64(73)58-55-52-49-46-43-40-37-34-30-27-24-21-18-15-12-9-6-3)60-79-63(72)57-54-51-48-45-42-39-36-33-29-26-23-20-17-14-11-8-5-2/h7-8,10-11,16-17,19-20,25-26,28-29,32,35-36,39,41,44-45,48,62,66-69,71,75-76H,4-6,9,12-15,18,21-24,27,30-31,33-34,37-38,40,42-43,46-47,49-61H2,1-3H3,(H,77,78)/b10-7-,11-8-,19-16-,20-17-,28-25-,29-26-,35-32-,39-36-,44-41-,48-45-. The predicted molar refractivity (Wildman–Crippen MR) is 340 cm³/mol. The third-order valence-electron chi connectivity index (χ3n) is 14.0. The lowest BCUT2D eigenvalue weighted by molar-refractivity contribution is -0.301. The van der Waals surface area contributed by atoms with Crippen molar-refractivity contribution in [3.05, 3.63) is 122 Å². The zero-order chi connectivity index (χ0) is 60.3. The topological polar surface area (TPSA) is 175 Å². The van der Waals surface area contributed by atoms with E-state index < -0.39 is 67.3 Å². The Balaban J connectivity index is 2.72. The van der Waals surface area contributed by atoms with Gasteiger partial charge in [0.15, 0.2) is 24.6 Å². The quantitative estimate of drug-likeness (QED) is 0.0228. The highest BCUT2D eigenvalue weighted by molar-refractivity contribution is 5.74. The molecule has 83 heavy (non-hydrogen) atoms. The van der Waals surface area contributed by atoms with Crippen molar-refractivity contribution in [2.75, 3.05) is 13.2 Å². The van der Waals surface area contributed by atoms with Crippen LogP contribution in [0.2, 0.25) is 0 Å². The maximum absolute atomic E-state index is 13.2. The third kappa shape index (κ3) is 47.1. The van der Waals surface area contributed by atoms with E-state index in [2.05, 4.69) is 136 Å². The zero-order valence-corrected chi connectivity index (χ0v) is 51.9. The first-order chi connectivity index (χ1) is 40.6. The van der Waals surface area contributed by atoms with Gasteiger partial charge in [-0.3, -0.25) is 14.4 Å². The maximum atomic E-state index is 13.2. The molecule has 12 nitrogen and oxygen atoms in total. The number of ether oxygens (including phenoxy) is 5. The average Bonchev–Trinajstić information content (AvgIpc) is 3.55. The van der Waals surface area contributed by atoms with Gasteiger partial charge in [-0.2, -0.15) is 0 Å². The molecule has 0 radical (unpaired) electrons. The molecular weight excluding hydrogens is 1040 g/mol. The van der Waals surface area contributed by atoms with Crippen molar-refractivity contribution >= 4 is 23.9 Å². The van der Waals surface area contributed by atoms with Gasteiger partial charge in [0.05, 0.1) is 6.61 Å². The molecule has 1 aliphatic rings. The Morgan fingerprint density at radius 3 is 1.19 bits per heavy atom. The van der Waals surface area contributed by atoms with Gasteiger partial charge in [-0.15, -0.1) is 0 Å². The molecule has 0 bridgehead atoms. The third-order valence-corrected chi connectivity index (χ3v) is 14.0. The lowest BCUT2D eigenvalue weighted by Crippen LogP contribution is -2.61. The molecule has 1 aliphatic heterocycles. The van der Waals surface area contributed by atoms with E-state index in [1.54, 1.807) is 0 Å². The number of aliphatic hydroxyl groups excluding tert-OH is 2. The summed E-state index contributed by atoms with van der Waals surface area (Å²) in [5.74, 6) is -3.24. The van der Waals surface area contributed by atoms with Crippen LogP contribution in [0.5, 0.6) is 0 Å². The Morgan fingerprint density at radius 1 is 0.410 bits per heavy atom. The van der Waals surface area contributed by atoms with Gasteiger partial charge in [-0.25, -0.2) is 4.79 Å². The van der Waals surface area contributed by atoms with E-state index in [4.69, 9.17) is 23.7 Å². The Bertz CT molecular complexity index is 1900. The highest BCUT2D eigenvalue weighted by Gasteiger charge is 2.50. The summed E-state index contributed by atoms with van der Waals surface area (Å²) < 4.78 is 28.4. The van der Waals surface area contributed by atoms with Crippen LogP contribution in [0.15, 0.2) is 122 Å².